The van der Waals surface area contributed by atoms with E-state index < -0.39 is 0 Å². The van der Waals surface area contributed by atoms with Gasteiger partial charge in [0.25, 0.3) is 5.91 Å². The van der Waals surface area contributed by atoms with E-state index in [4.69, 9.17) is 5.84 Å². The quantitative estimate of drug-likeness (QED) is 0.474. The van der Waals surface area contributed by atoms with Crippen molar-refractivity contribution < 1.29 is 4.79 Å². The van der Waals surface area contributed by atoms with E-state index in [0.29, 0.717) is 11.8 Å². The van der Waals surface area contributed by atoms with Crippen molar-refractivity contribution in [2.75, 3.05) is 19.6 Å². The van der Waals surface area contributed by atoms with Crippen molar-refractivity contribution in [3.63, 3.8) is 0 Å². The van der Waals surface area contributed by atoms with Crippen molar-refractivity contribution in [3.05, 3.63) is 35.5 Å². The Morgan fingerprint density at radius 2 is 1.91 bits per heavy atom. The number of fused-ring (bicyclic) bond motifs is 3. The molecule has 118 valence electrons. The average molecular weight is 308 g/mol. The van der Waals surface area contributed by atoms with E-state index in [1.165, 1.54) is 43.7 Å². The number of carbonyl (C=O) groups excluding carboxylic acids is 1. The van der Waals surface area contributed by atoms with E-state index >= 15 is 0 Å². The minimum absolute atomic E-state index is 0.115. The summed E-state index contributed by atoms with van der Waals surface area (Å²) in [5.41, 5.74) is 5.79. The largest absolute Gasteiger partial charge is 0.329 e. The number of piperidine rings is 3. The van der Waals surface area contributed by atoms with Gasteiger partial charge >= 0.3 is 0 Å². The van der Waals surface area contributed by atoms with Crippen molar-refractivity contribution in [1.29, 1.82) is 0 Å². The maximum Gasteiger partial charge on any atom is 0.267 e. The van der Waals surface area contributed by atoms with Gasteiger partial charge in [-0.3, -0.25) is 10.2 Å². The summed E-state index contributed by atoms with van der Waals surface area (Å²) in [7, 11) is 0. The zero-order valence-corrected chi connectivity index (χ0v) is 13.0. The lowest BCUT2D eigenvalue weighted by Crippen LogP contribution is -2.61. The fraction of sp³-hybridized carbons (Fsp3) is 0.500. The number of nitrogens with zero attached hydrogens (tertiary/aromatic N) is 2. The summed E-state index contributed by atoms with van der Waals surface area (Å²) in [5, 5.41) is 1.05. The number of amides is 1. The number of nitrogens with two attached hydrogens (primary N) is 1. The Hall–Kier alpha value is -1.85. The van der Waals surface area contributed by atoms with Gasteiger partial charge in [0.15, 0.2) is 0 Å². The molecule has 4 bridgehead atoms. The summed E-state index contributed by atoms with van der Waals surface area (Å²) in [6.45, 7) is 3.66. The first-order valence-electron chi connectivity index (χ1n) is 8.62. The van der Waals surface area contributed by atoms with Crippen LogP contribution < -0.4 is 11.3 Å². The number of rotatable bonds is 1. The smallest absolute Gasteiger partial charge is 0.267 e. The third-order valence-corrected chi connectivity index (χ3v) is 6.89. The molecule has 5 heterocycles. The fourth-order valence-electron chi connectivity index (χ4n) is 6.35. The Labute approximate surface area is 134 Å². The molecular formula is C18H20N4O. The Kier molecular flexibility index (Phi) is 2.07. The molecule has 5 aliphatic rings. The van der Waals surface area contributed by atoms with E-state index in [1.54, 1.807) is 0 Å². The van der Waals surface area contributed by atoms with Crippen molar-refractivity contribution in [2.24, 2.45) is 23.6 Å². The first-order valence-corrected chi connectivity index (χ1v) is 8.62. The summed E-state index contributed by atoms with van der Waals surface area (Å²) in [6, 6.07) is 8.29. The molecule has 3 N–H and O–H groups in total. The molecule has 2 aromatic rings. The minimum Gasteiger partial charge on any atom is -0.329 e. The molecule has 1 aromatic carbocycles. The van der Waals surface area contributed by atoms with Gasteiger partial charge in [-0.25, -0.2) is 5.84 Å². The zero-order chi connectivity index (χ0) is 15.3. The van der Waals surface area contributed by atoms with Gasteiger partial charge in [0.1, 0.15) is 0 Å². The molecule has 23 heavy (non-hydrogen) atoms. The maximum atomic E-state index is 12.5. The summed E-state index contributed by atoms with van der Waals surface area (Å²) in [4.78, 5) is 15.1. The maximum absolute atomic E-state index is 12.5. The van der Waals surface area contributed by atoms with E-state index in [9.17, 15) is 4.79 Å². The third-order valence-electron chi connectivity index (χ3n) is 6.89. The van der Waals surface area contributed by atoms with Gasteiger partial charge in [-0.05, 0) is 24.8 Å². The summed E-state index contributed by atoms with van der Waals surface area (Å²) < 4.78 is 2.49. The highest BCUT2D eigenvalue weighted by Crippen LogP contribution is 2.66. The summed E-state index contributed by atoms with van der Waals surface area (Å²) in [6.07, 6.45) is 2.62. The predicted octanol–water partition coefficient (Wildman–Crippen LogP) is 1.27. The Balaban J connectivity index is 1.60. The van der Waals surface area contributed by atoms with E-state index in [2.05, 4.69) is 27.0 Å². The lowest BCUT2D eigenvalue weighted by atomic mass is 9.59. The van der Waals surface area contributed by atoms with Gasteiger partial charge in [-0.2, -0.15) is 0 Å². The highest BCUT2D eigenvalue weighted by molar-refractivity contribution is 6.10. The molecular weight excluding hydrogens is 288 g/mol. The molecule has 1 saturated carbocycles. The second-order valence-electron chi connectivity index (χ2n) is 7.82. The molecule has 0 radical (unpaired) electrons. The van der Waals surface area contributed by atoms with E-state index in [0.717, 1.165) is 16.9 Å². The van der Waals surface area contributed by atoms with Crippen LogP contribution in [0, 0.1) is 17.8 Å². The second-order valence-corrected chi connectivity index (χ2v) is 7.82. The Morgan fingerprint density at radius 3 is 2.61 bits per heavy atom. The van der Waals surface area contributed by atoms with Crippen LogP contribution in [0.1, 0.15) is 28.9 Å². The number of benzene rings is 1. The molecule has 7 rings (SSSR count). The van der Waals surface area contributed by atoms with Gasteiger partial charge in [-0.1, -0.05) is 18.2 Å². The topological polar surface area (TPSA) is 63.3 Å². The van der Waals surface area contributed by atoms with Crippen molar-refractivity contribution in [1.82, 2.24) is 14.9 Å². The van der Waals surface area contributed by atoms with E-state index in [1.807, 2.05) is 12.1 Å². The Morgan fingerprint density at radius 1 is 1.17 bits per heavy atom. The third kappa shape index (κ3) is 1.24. The standard InChI is InChI=1S/C18H20N4O/c19-20-17(23)15-13-3-1-2-4-14(13)22-16(15)18(22)11-5-10-6-12(18)9-21(7-10)8-11/h1-4,10-12H,5-9,19H2,(H,20,23). The van der Waals surface area contributed by atoms with Crippen LogP contribution in [0.25, 0.3) is 10.9 Å². The number of hydrogen-bond acceptors (Lipinski definition) is 3. The highest BCUT2D eigenvalue weighted by atomic mass is 16.2. The zero-order valence-electron chi connectivity index (χ0n) is 13.0. The normalized spacial score (nSPS) is 39.0. The molecule has 1 aliphatic carbocycles. The van der Waals surface area contributed by atoms with Crippen LogP contribution in [0.15, 0.2) is 24.3 Å². The molecule has 1 amide bonds. The van der Waals surface area contributed by atoms with Crippen LogP contribution in [0.2, 0.25) is 0 Å². The van der Waals surface area contributed by atoms with Gasteiger partial charge < -0.3 is 9.47 Å². The van der Waals surface area contributed by atoms with Crippen LogP contribution >= 0.6 is 0 Å². The lowest BCUT2D eigenvalue weighted by Gasteiger charge is -2.56. The number of hydrazine groups is 1. The lowest BCUT2D eigenvalue weighted by molar-refractivity contribution is -0.0649. The Bertz CT molecular complexity index is 839. The first kappa shape index (κ1) is 12.6. The number of nitrogen functional groups attached to an aromatic ring is 1. The van der Waals surface area contributed by atoms with Crippen LogP contribution in [-0.4, -0.2) is 35.0 Å². The van der Waals surface area contributed by atoms with Crippen molar-refractivity contribution >= 4 is 16.8 Å². The van der Waals surface area contributed by atoms with Gasteiger partial charge in [0.05, 0.1) is 22.3 Å². The van der Waals surface area contributed by atoms with Gasteiger partial charge in [-0.15, -0.1) is 0 Å². The summed E-state index contributed by atoms with van der Waals surface area (Å²) in [5.74, 6) is 7.55. The number of hydrogen-bond donors (Lipinski definition) is 2. The van der Waals surface area contributed by atoms with Crippen LogP contribution in [0.4, 0.5) is 0 Å². The second kappa shape index (κ2) is 3.79. The molecule has 3 saturated heterocycles. The number of para-hydroxylation sites is 1. The van der Waals surface area contributed by atoms with Crippen LogP contribution in [-0.2, 0) is 5.54 Å². The van der Waals surface area contributed by atoms with Crippen LogP contribution in [0.5, 0.6) is 0 Å². The monoisotopic (exact) mass is 308 g/mol. The first-order chi connectivity index (χ1) is 11.2. The molecule has 4 fully saturated rings. The minimum atomic E-state index is -0.138. The number of carbonyl (C=O) groups is 1. The molecule has 5 nitrogen and oxygen atoms in total. The highest BCUT2D eigenvalue weighted by Gasteiger charge is 2.69. The van der Waals surface area contributed by atoms with Gasteiger partial charge in [0, 0.05) is 36.9 Å². The average Bonchev–Trinajstić information content (AvgIpc) is 3.10. The van der Waals surface area contributed by atoms with Crippen LogP contribution in [0.3, 0.4) is 0 Å². The molecule has 4 aliphatic heterocycles. The fourth-order valence-corrected chi connectivity index (χ4v) is 6.35. The number of nitrogens with one attached hydrogen (secondary N) is 1. The SMILES string of the molecule is NNC(=O)c1c2n(c3ccccc13)C21C2CC3CC1CN(C3)C2. The summed E-state index contributed by atoms with van der Waals surface area (Å²) >= 11 is 0. The molecule has 1 spiro atoms. The van der Waals surface area contributed by atoms with E-state index in [-0.39, 0.29) is 11.4 Å². The van der Waals surface area contributed by atoms with Crippen molar-refractivity contribution in [2.45, 2.75) is 18.4 Å². The van der Waals surface area contributed by atoms with Crippen molar-refractivity contribution in [3.8, 4) is 0 Å². The molecule has 2 unspecified atom stereocenters. The number of aromatic nitrogens is 1. The van der Waals surface area contributed by atoms with Gasteiger partial charge in [0.2, 0.25) is 0 Å². The predicted molar refractivity (Wildman–Crippen MR) is 86.8 cm³/mol. The molecule has 2 atom stereocenters. The molecule has 5 heteroatoms. The molecule has 1 aromatic heterocycles.